The lowest BCUT2D eigenvalue weighted by Gasteiger charge is -2.34. The number of Topliss-reactive ketones (excluding diaryl/α,β-unsaturated/α-hetero) is 1. The van der Waals surface area contributed by atoms with Crippen LogP contribution in [-0.2, 0) is 9.59 Å². The molecule has 1 saturated heterocycles. The van der Waals surface area contributed by atoms with Gasteiger partial charge >= 0.3 is 0 Å². The predicted octanol–water partition coefficient (Wildman–Crippen LogP) is 3.46. The number of aromatic nitrogens is 1. The molecule has 8 heteroatoms. The van der Waals surface area contributed by atoms with Gasteiger partial charge in [0.05, 0.1) is 16.3 Å². The number of nitrogens with zero attached hydrogens (tertiary/aromatic N) is 3. The zero-order valence-corrected chi connectivity index (χ0v) is 18.3. The van der Waals surface area contributed by atoms with E-state index in [-0.39, 0.29) is 18.1 Å². The van der Waals surface area contributed by atoms with Crippen molar-refractivity contribution in [3.8, 4) is 0 Å². The highest BCUT2D eigenvalue weighted by Gasteiger charge is 2.23. The quantitative estimate of drug-likeness (QED) is 0.785. The number of amides is 1. The highest BCUT2D eigenvalue weighted by atomic mass is 35.5. The molecule has 0 bridgehead atoms. The van der Waals surface area contributed by atoms with Crippen LogP contribution in [-0.4, -0.2) is 53.7 Å². The average Bonchev–Trinajstić information content (AvgIpc) is 3.16. The van der Waals surface area contributed by atoms with E-state index in [9.17, 15) is 9.59 Å². The monoisotopic (exact) mass is 442 g/mol. The Balaban J connectivity index is 1.41. The van der Waals surface area contributed by atoms with Crippen molar-refractivity contribution in [3.05, 3.63) is 58.8 Å². The summed E-state index contributed by atoms with van der Waals surface area (Å²) in [4.78, 5) is 29.1. The number of allylic oxidation sites excluding steroid dienone is 4. The van der Waals surface area contributed by atoms with E-state index in [4.69, 9.17) is 11.6 Å². The highest BCUT2D eigenvalue weighted by molar-refractivity contribution is 7.13. The lowest BCUT2D eigenvalue weighted by atomic mass is 10.1. The first-order chi connectivity index (χ1) is 14.5. The lowest BCUT2D eigenvalue weighted by Crippen LogP contribution is -2.48. The van der Waals surface area contributed by atoms with Gasteiger partial charge in [-0.05, 0) is 36.7 Å². The van der Waals surface area contributed by atoms with Crippen LogP contribution in [0.3, 0.4) is 0 Å². The molecule has 1 N–H and O–H groups in total. The number of hydrogen-bond donors (Lipinski definition) is 1. The summed E-state index contributed by atoms with van der Waals surface area (Å²) in [5.74, 6) is 0.871. The van der Waals surface area contributed by atoms with E-state index in [2.05, 4.69) is 31.6 Å². The molecule has 1 aromatic heterocycles. The molecule has 0 aliphatic carbocycles. The van der Waals surface area contributed by atoms with Gasteiger partial charge in [-0.25, -0.2) is 0 Å². The van der Waals surface area contributed by atoms with E-state index in [1.807, 2.05) is 12.1 Å². The number of ketones is 1. The molecule has 6 nitrogen and oxygen atoms in total. The summed E-state index contributed by atoms with van der Waals surface area (Å²) in [6.45, 7) is 5.26. The van der Waals surface area contributed by atoms with Gasteiger partial charge in [-0.2, -0.15) is 4.37 Å². The van der Waals surface area contributed by atoms with E-state index in [1.54, 1.807) is 25.2 Å². The number of rotatable bonds is 4. The van der Waals surface area contributed by atoms with Crippen molar-refractivity contribution in [3.63, 3.8) is 0 Å². The molecule has 1 aromatic carbocycles. The SMILES string of the molecule is C\C1=C/C(Cl)=C(C(=O)CN2CCN(c3nsc4ccccc34)CC2)\C=C\CC(=O)N1. The van der Waals surface area contributed by atoms with Crippen LogP contribution in [0, 0.1) is 0 Å². The zero-order valence-electron chi connectivity index (χ0n) is 16.7. The van der Waals surface area contributed by atoms with Gasteiger partial charge in [0.1, 0.15) is 5.82 Å². The minimum Gasteiger partial charge on any atom is -0.353 e. The molecule has 2 aliphatic rings. The molecule has 0 saturated carbocycles. The molecule has 2 aliphatic heterocycles. The van der Waals surface area contributed by atoms with Gasteiger partial charge in [0.25, 0.3) is 0 Å². The van der Waals surface area contributed by atoms with E-state index in [1.165, 1.54) is 21.6 Å². The molecule has 3 heterocycles. The van der Waals surface area contributed by atoms with E-state index >= 15 is 0 Å². The van der Waals surface area contributed by atoms with Gasteiger partial charge in [0.15, 0.2) is 5.78 Å². The molecule has 0 spiro atoms. The maximum Gasteiger partial charge on any atom is 0.227 e. The number of carbonyl (C=O) groups is 2. The van der Waals surface area contributed by atoms with Crippen molar-refractivity contribution < 1.29 is 9.59 Å². The smallest absolute Gasteiger partial charge is 0.227 e. The van der Waals surface area contributed by atoms with Crippen LogP contribution < -0.4 is 10.2 Å². The number of benzene rings is 1. The molecule has 1 fully saturated rings. The Kier molecular flexibility index (Phi) is 6.32. The minimum atomic E-state index is -0.121. The summed E-state index contributed by atoms with van der Waals surface area (Å²) in [6, 6.07) is 8.27. The molecule has 1 amide bonds. The maximum absolute atomic E-state index is 12.9. The summed E-state index contributed by atoms with van der Waals surface area (Å²) in [7, 11) is 0. The van der Waals surface area contributed by atoms with Crippen molar-refractivity contribution in [1.82, 2.24) is 14.6 Å². The highest BCUT2D eigenvalue weighted by Crippen LogP contribution is 2.29. The Labute approximate surface area is 184 Å². The van der Waals surface area contributed by atoms with E-state index in [0.29, 0.717) is 22.8 Å². The Morgan fingerprint density at radius 1 is 1.23 bits per heavy atom. The van der Waals surface area contributed by atoms with Crippen molar-refractivity contribution in [2.45, 2.75) is 13.3 Å². The van der Waals surface area contributed by atoms with Crippen LogP contribution in [0.5, 0.6) is 0 Å². The van der Waals surface area contributed by atoms with Gasteiger partial charge in [0, 0.05) is 49.3 Å². The van der Waals surface area contributed by atoms with Crippen molar-refractivity contribution in [2.75, 3.05) is 37.6 Å². The third-order valence-electron chi connectivity index (χ3n) is 5.22. The summed E-state index contributed by atoms with van der Waals surface area (Å²) < 4.78 is 5.83. The van der Waals surface area contributed by atoms with Crippen LogP contribution in [0.2, 0.25) is 0 Å². The average molecular weight is 443 g/mol. The second kappa shape index (κ2) is 9.12. The van der Waals surface area contributed by atoms with E-state index in [0.717, 1.165) is 32.0 Å². The fraction of sp³-hybridized carbons (Fsp3) is 0.318. The number of carbonyl (C=O) groups excluding carboxylic acids is 2. The number of hydrogen-bond acceptors (Lipinski definition) is 6. The Bertz CT molecular complexity index is 1060. The van der Waals surface area contributed by atoms with Crippen LogP contribution in [0.4, 0.5) is 5.82 Å². The molecule has 156 valence electrons. The standard InChI is InChI=1S/C22H23ClN4O2S/c1-15-13-18(23)16(6-4-8-21(29)24-15)19(28)14-26-9-11-27(12-10-26)22-17-5-2-3-7-20(17)30-25-22/h2-7,13H,8-12,14H2,1H3,(H,24,29)/b6-4+,15-13+,18-16-. The van der Waals surface area contributed by atoms with Crippen LogP contribution >= 0.6 is 23.1 Å². The topological polar surface area (TPSA) is 65.5 Å². The van der Waals surface area contributed by atoms with Crippen LogP contribution in [0.15, 0.2) is 58.8 Å². The van der Waals surface area contributed by atoms with Crippen molar-refractivity contribution in [1.29, 1.82) is 0 Å². The van der Waals surface area contributed by atoms with Crippen molar-refractivity contribution in [2.24, 2.45) is 0 Å². The zero-order chi connectivity index (χ0) is 21.1. The number of halogens is 1. The van der Waals surface area contributed by atoms with Crippen molar-refractivity contribution >= 4 is 50.7 Å². The Hall–Kier alpha value is -2.48. The summed E-state index contributed by atoms with van der Waals surface area (Å²) in [5.41, 5.74) is 1.07. The van der Waals surface area contributed by atoms with Gasteiger partial charge in [0.2, 0.25) is 5.91 Å². The third-order valence-corrected chi connectivity index (χ3v) is 6.35. The van der Waals surface area contributed by atoms with Gasteiger partial charge < -0.3 is 10.2 Å². The van der Waals surface area contributed by atoms with Gasteiger partial charge in [-0.15, -0.1) is 0 Å². The number of piperazine rings is 1. The Morgan fingerprint density at radius 2 is 2.00 bits per heavy atom. The first-order valence-electron chi connectivity index (χ1n) is 9.90. The Morgan fingerprint density at radius 3 is 2.80 bits per heavy atom. The third kappa shape index (κ3) is 4.64. The normalized spacial score (nSPS) is 23.9. The lowest BCUT2D eigenvalue weighted by molar-refractivity contribution is -0.119. The largest absolute Gasteiger partial charge is 0.353 e. The molecule has 0 unspecified atom stereocenters. The second-order valence-corrected chi connectivity index (χ2v) is 8.64. The first-order valence-corrected chi connectivity index (χ1v) is 11.1. The number of nitrogens with one attached hydrogen (secondary N) is 1. The summed E-state index contributed by atoms with van der Waals surface area (Å²) in [5, 5.41) is 4.28. The van der Waals surface area contributed by atoms with Crippen LogP contribution in [0.1, 0.15) is 13.3 Å². The fourth-order valence-corrected chi connectivity index (χ4v) is 4.80. The van der Waals surface area contributed by atoms with E-state index < -0.39 is 0 Å². The molecular weight excluding hydrogens is 420 g/mol. The second-order valence-electron chi connectivity index (χ2n) is 7.43. The first kappa shape index (κ1) is 20.8. The molecular formula is C22H23ClN4O2S. The molecule has 0 atom stereocenters. The number of anilines is 1. The van der Waals surface area contributed by atoms with Crippen LogP contribution in [0.25, 0.3) is 10.1 Å². The minimum absolute atomic E-state index is 0.0396. The molecule has 0 radical (unpaired) electrons. The number of fused-ring (bicyclic) bond motifs is 1. The maximum atomic E-state index is 12.9. The molecule has 4 rings (SSSR count). The summed E-state index contributed by atoms with van der Waals surface area (Å²) in [6.07, 6.45) is 5.19. The summed E-state index contributed by atoms with van der Waals surface area (Å²) >= 11 is 7.90. The predicted molar refractivity (Wildman–Crippen MR) is 122 cm³/mol. The fourth-order valence-electron chi connectivity index (χ4n) is 3.67. The molecule has 30 heavy (non-hydrogen) atoms. The van der Waals surface area contributed by atoms with Gasteiger partial charge in [-0.1, -0.05) is 35.9 Å². The molecule has 2 aromatic rings. The van der Waals surface area contributed by atoms with Gasteiger partial charge in [-0.3, -0.25) is 14.5 Å².